The lowest BCUT2D eigenvalue weighted by Crippen LogP contribution is -2.45. The lowest BCUT2D eigenvalue weighted by Gasteiger charge is -2.28. The minimum atomic E-state index is -0.245. The molecule has 0 spiro atoms. The first kappa shape index (κ1) is 11.4. The quantitative estimate of drug-likeness (QED) is 0.313. The molecule has 0 aromatic rings. The first-order valence-corrected chi connectivity index (χ1v) is 4.98. The number of hydrogen-bond acceptors (Lipinski definition) is 4. The van der Waals surface area contributed by atoms with E-state index in [4.69, 9.17) is 5.84 Å². The summed E-state index contributed by atoms with van der Waals surface area (Å²) >= 11 is 0. The van der Waals surface area contributed by atoms with Gasteiger partial charge in [0.05, 0.1) is 12.0 Å². The smallest absolute Gasteiger partial charge is 0.238 e. The van der Waals surface area contributed by atoms with Gasteiger partial charge in [0.2, 0.25) is 5.91 Å². The highest BCUT2D eigenvalue weighted by molar-refractivity contribution is 5.78. The molecule has 1 aliphatic rings. The summed E-state index contributed by atoms with van der Waals surface area (Å²) in [5, 5.41) is 9.36. The van der Waals surface area contributed by atoms with E-state index in [1.807, 2.05) is 13.8 Å². The minimum Gasteiger partial charge on any atom is -0.392 e. The van der Waals surface area contributed by atoms with E-state index in [-0.39, 0.29) is 24.0 Å². The largest absolute Gasteiger partial charge is 0.392 e. The molecule has 1 amide bonds. The molecule has 0 radical (unpaired) electrons. The molecule has 0 bridgehead atoms. The number of carbonyl (C=O) groups excluding carboxylic acids is 1. The number of nitrogens with one attached hydrogen (secondary N) is 1. The van der Waals surface area contributed by atoms with Crippen LogP contribution in [0.2, 0.25) is 0 Å². The van der Waals surface area contributed by atoms with Gasteiger partial charge in [-0.15, -0.1) is 0 Å². The molecule has 1 rings (SSSR count). The van der Waals surface area contributed by atoms with Crippen LogP contribution < -0.4 is 11.3 Å². The van der Waals surface area contributed by atoms with E-state index in [0.29, 0.717) is 6.54 Å². The van der Waals surface area contributed by atoms with Gasteiger partial charge in [0.25, 0.3) is 0 Å². The second-order valence-corrected chi connectivity index (χ2v) is 3.98. The van der Waals surface area contributed by atoms with Gasteiger partial charge in [0.1, 0.15) is 0 Å². The second kappa shape index (κ2) is 4.72. The number of aliphatic hydroxyl groups is 1. The van der Waals surface area contributed by atoms with Crippen molar-refractivity contribution in [2.24, 2.45) is 11.8 Å². The normalized spacial score (nSPS) is 27.3. The molecule has 4 N–H and O–H groups in total. The highest BCUT2D eigenvalue weighted by atomic mass is 16.3. The first-order chi connectivity index (χ1) is 6.56. The van der Waals surface area contributed by atoms with Gasteiger partial charge in [0, 0.05) is 19.1 Å². The van der Waals surface area contributed by atoms with Crippen molar-refractivity contribution in [2.45, 2.75) is 32.4 Å². The van der Waals surface area contributed by atoms with Crippen LogP contribution in [0.25, 0.3) is 0 Å². The van der Waals surface area contributed by atoms with Crippen LogP contribution in [0, 0.1) is 5.92 Å². The molecule has 14 heavy (non-hydrogen) atoms. The van der Waals surface area contributed by atoms with Crippen LogP contribution >= 0.6 is 0 Å². The summed E-state index contributed by atoms with van der Waals surface area (Å²) in [7, 11) is 0. The van der Waals surface area contributed by atoms with E-state index >= 15 is 0 Å². The van der Waals surface area contributed by atoms with Crippen LogP contribution in [0.1, 0.15) is 20.3 Å². The fraction of sp³-hybridized carbons (Fsp3) is 0.889. The molecule has 0 aromatic carbocycles. The molecule has 1 aliphatic heterocycles. The summed E-state index contributed by atoms with van der Waals surface area (Å²) in [5.74, 6) is 4.77. The van der Waals surface area contributed by atoms with Crippen LogP contribution in [-0.4, -0.2) is 41.1 Å². The van der Waals surface area contributed by atoms with E-state index < -0.39 is 0 Å². The Labute approximate surface area is 84.2 Å². The molecule has 5 heteroatoms. The van der Waals surface area contributed by atoms with Gasteiger partial charge < -0.3 is 5.11 Å². The molecule has 0 aromatic heterocycles. The van der Waals surface area contributed by atoms with E-state index in [1.54, 1.807) is 0 Å². The number of hydrazine groups is 1. The number of amides is 1. The number of rotatable bonds is 3. The molecular formula is C9H19N3O2. The van der Waals surface area contributed by atoms with Gasteiger partial charge in [-0.1, -0.05) is 6.92 Å². The fourth-order valence-corrected chi connectivity index (χ4v) is 1.80. The van der Waals surface area contributed by atoms with E-state index in [2.05, 4.69) is 10.3 Å². The number of hydrogen-bond donors (Lipinski definition) is 3. The van der Waals surface area contributed by atoms with Crippen molar-refractivity contribution < 1.29 is 9.90 Å². The number of carbonyl (C=O) groups is 1. The lowest BCUT2D eigenvalue weighted by molar-refractivity contribution is -0.126. The van der Waals surface area contributed by atoms with Crippen molar-refractivity contribution in [3.63, 3.8) is 0 Å². The second-order valence-electron chi connectivity index (χ2n) is 3.98. The van der Waals surface area contributed by atoms with E-state index in [1.165, 1.54) is 0 Å². The Morgan fingerprint density at radius 2 is 2.29 bits per heavy atom. The van der Waals surface area contributed by atoms with E-state index in [0.717, 1.165) is 13.0 Å². The van der Waals surface area contributed by atoms with Crippen molar-refractivity contribution in [1.29, 1.82) is 0 Å². The summed E-state index contributed by atoms with van der Waals surface area (Å²) in [6.07, 6.45) is 0.548. The molecule has 3 unspecified atom stereocenters. The Balaban J connectivity index is 2.48. The predicted molar refractivity (Wildman–Crippen MR) is 53.2 cm³/mol. The molecule has 82 valence electrons. The summed E-state index contributed by atoms with van der Waals surface area (Å²) in [5.41, 5.74) is 2.15. The van der Waals surface area contributed by atoms with Crippen LogP contribution in [0.5, 0.6) is 0 Å². The molecule has 1 heterocycles. The van der Waals surface area contributed by atoms with Crippen molar-refractivity contribution in [1.82, 2.24) is 10.3 Å². The van der Waals surface area contributed by atoms with Crippen molar-refractivity contribution in [3.8, 4) is 0 Å². The van der Waals surface area contributed by atoms with Crippen LogP contribution in [0.15, 0.2) is 0 Å². The van der Waals surface area contributed by atoms with Gasteiger partial charge in [-0.05, 0) is 13.3 Å². The van der Waals surface area contributed by atoms with Crippen molar-refractivity contribution in [2.75, 3.05) is 13.1 Å². The first-order valence-electron chi connectivity index (χ1n) is 4.98. The lowest BCUT2D eigenvalue weighted by atomic mass is 10.0. The zero-order valence-corrected chi connectivity index (χ0v) is 8.73. The molecule has 1 fully saturated rings. The zero-order valence-electron chi connectivity index (χ0n) is 8.73. The Hall–Kier alpha value is -0.650. The number of nitrogens with two attached hydrogens (primary N) is 1. The molecule has 0 aliphatic carbocycles. The Bertz CT molecular complexity index is 210. The maximum absolute atomic E-state index is 11.3. The Kier molecular flexibility index (Phi) is 3.86. The van der Waals surface area contributed by atoms with Crippen LogP contribution in [-0.2, 0) is 4.79 Å². The summed E-state index contributed by atoms with van der Waals surface area (Å²) in [4.78, 5) is 13.4. The SMILES string of the molecule is CC(C(=O)NN)C(C)N1CCC(O)C1. The number of likely N-dealkylation sites (tertiary alicyclic amines) is 1. The highest BCUT2D eigenvalue weighted by Crippen LogP contribution is 2.17. The molecule has 3 atom stereocenters. The molecular weight excluding hydrogens is 182 g/mol. The van der Waals surface area contributed by atoms with Gasteiger partial charge in [-0.3, -0.25) is 15.1 Å². The average molecular weight is 201 g/mol. The third kappa shape index (κ3) is 2.43. The van der Waals surface area contributed by atoms with Gasteiger partial charge in [-0.25, -0.2) is 5.84 Å². The zero-order chi connectivity index (χ0) is 10.7. The number of nitrogens with zero attached hydrogens (tertiary/aromatic N) is 1. The Morgan fingerprint density at radius 3 is 2.71 bits per heavy atom. The van der Waals surface area contributed by atoms with Gasteiger partial charge in [0.15, 0.2) is 0 Å². The molecule has 1 saturated heterocycles. The number of β-amino-alcohol motifs (C(OH)–C–C–N with tert-alkyl or cyclic N) is 1. The summed E-state index contributed by atoms with van der Waals surface area (Å²) in [6.45, 7) is 5.34. The predicted octanol–water partition coefficient (Wildman–Crippen LogP) is -0.932. The Morgan fingerprint density at radius 1 is 1.64 bits per heavy atom. The maximum Gasteiger partial charge on any atom is 0.238 e. The van der Waals surface area contributed by atoms with Crippen molar-refractivity contribution >= 4 is 5.91 Å². The summed E-state index contributed by atoms with van der Waals surface area (Å²) < 4.78 is 0. The van der Waals surface area contributed by atoms with Crippen LogP contribution in [0.3, 0.4) is 0 Å². The van der Waals surface area contributed by atoms with Crippen molar-refractivity contribution in [3.05, 3.63) is 0 Å². The third-order valence-electron chi connectivity index (χ3n) is 3.05. The maximum atomic E-state index is 11.3. The van der Waals surface area contributed by atoms with Gasteiger partial charge >= 0.3 is 0 Å². The standard InChI is InChI=1S/C9H19N3O2/c1-6(9(14)11-10)7(2)12-4-3-8(13)5-12/h6-8,13H,3-5,10H2,1-2H3,(H,11,14). The van der Waals surface area contributed by atoms with Gasteiger partial charge in [-0.2, -0.15) is 0 Å². The van der Waals surface area contributed by atoms with E-state index in [9.17, 15) is 9.90 Å². The van der Waals surface area contributed by atoms with Crippen LogP contribution in [0.4, 0.5) is 0 Å². The summed E-state index contributed by atoms with van der Waals surface area (Å²) in [6, 6.07) is 0.121. The number of aliphatic hydroxyl groups excluding tert-OH is 1. The topological polar surface area (TPSA) is 78.6 Å². The monoisotopic (exact) mass is 201 g/mol. The molecule has 0 saturated carbocycles. The molecule has 5 nitrogen and oxygen atoms in total. The highest BCUT2D eigenvalue weighted by Gasteiger charge is 2.30. The minimum absolute atomic E-state index is 0.121. The fourth-order valence-electron chi connectivity index (χ4n) is 1.80. The third-order valence-corrected chi connectivity index (χ3v) is 3.05. The average Bonchev–Trinajstić information content (AvgIpc) is 2.61.